The summed E-state index contributed by atoms with van der Waals surface area (Å²) in [7, 11) is 0. The third-order valence-corrected chi connectivity index (χ3v) is 9.62. The molecule has 1 aromatic rings. The summed E-state index contributed by atoms with van der Waals surface area (Å²) in [5.41, 5.74) is 1.60. The summed E-state index contributed by atoms with van der Waals surface area (Å²) >= 11 is 0. The van der Waals surface area contributed by atoms with Gasteiger partial charge in [0.1, 0.15) is 22.4 Å². The number of anilines is 1. The lowest BCUT2D eigenvalue weighted by atomic mass is 9.48. The molecular formula is C26H31N3O3. The molecule has 168 valence electrons. The van der Waals surface area contributed by atoms with Crippen LogP contribution in [0.4, 0.5) is 5.69 Å². The maximum absolute atomic E-state index is 13.9. The van der Waals surface area contributed by atoms with Gasteiger partial charge in [-0.2, -0.15) is 0 Å². The molecule has 5 atom stereocenters. The second kappa shape index (κ2) is 5.35. The van der Waals surface area contributed by atoms with Crippen molar-refractivity contribution in [1.29, 1.82) is 0 Å². The lowest BCUT2D eigenvalue weighted by molar-refractivity contribution is -0.187. The Morgan fingerprint density at radius 1 is 1.12 bits per heavy atom. The summed E-state index contributed by atoms with van der Waals surface area (Å²) in [4.78, 5) is 29.2. The van der Waals surface area contributed by atoms with Crippen LogP contribution in [0.15, 0.2) is 18.2 Å². The van der Waals surface area contributed by atoms with Crippen LogP contribution < -0.4 is 15.4 Å². The van der Waals surface area contributed by atoms with Crippen molar-refractivity contribution >= 4 is 23.6 Å². The van der Waals surface area contributed by atoms with E-state index in [1.807, 2.05) is 4.90 Å². The molecule has 2 bridgehead atoms. The number of rotatable bonds is 0. The first-order valence-corrected chi connectivity index (χ1v) is 12.1. The van der Waals surface area contributed by atoms with Crippen molar-refractivity contribution < 1.29 is 14.3 Å². The first-order chi connectivity index (χ1) is 15.1. The normalized spacial score (nSPS) is 41.0. The Morgan fingerprint density at radius 3 is 2.75 bits per heavy atom. The Balaban J connectivity index is 1.37. The van der Waals surface area contributed by atoms with Crippen LogP contribution in [-0.4, -0.2) is 46.0 Å². The van der Waals surface area contributed by atoms with Gasteiger partial charge < -0.3 is 20.3 Å². The van der Waals surface area contributed by atoms with E-state index in [0.29, 0.717) is 6.42 Å². The van der Waals surface area contributed by atoms with E-state index in [9.17, 15) is 9.59 Å². The number of hydrogen-bond donors (Lipinski definition) is 2. The fraction of sp³-hybridized carbons (Fsp3) is 0.615. The molecule has 6 heteroatoms. The number of fused-ring (bicyclic) bond motifs is 6. The van der Waals surface area contributed by atoms with Crippen LogP contribution in [0.25, 0.3) is 6.08 Å². The van der Waals surface area contributed by atoms with Crippen LogP contribution >= 0.6 is 0 Å². The van der Waals surface area contributed by atoms with E-state index >= 15 is 0 Å². The van der Waals surface area contributed by atoms with Crippen LogP contribution in [0.3, 0.4) is 0 Å². The first-order valence-electron chi connectivity index (χ1n) is 12.1. The largest absolute Gasteiger partial charge is 0.483 e. The van der Waals surface area contributed by atoms with E-state index in [0.717, 1.165) is 42.8 Å². The highest BCUT2D eigenvalue weighted by Crippen LogP contribution is 2.64. The number of nitrogens with zero attached hydrogens (tertiary/aromatic N) is 1. The number of piperidine rings is 2. The van der Waals surface area contributed by atoms with E-state index in [2.05, 4.69) is 62.6 Å². The van der Waals surface area contributed by atoms with Crippen LogP contribution in [0, 0.1) is 11.3 Å². The second-order valence-corrected chi connectivity index (χ2v) is 12.0. The van der Waals surface area contributed by atoms with Gasteiger partial charge in [-0.15, -0.1) is 0 Å². The van der Waals surface area contributed by atoms with E-state index < -0.39 is 11.1 Å². The molecular weight excluding hydrogens is 402 g/mol. The molecule has 6 nitrogen and oxygen atoms in total. The smallest absolute Gasteiger partial charge is 0.249 e. The Bertz CT molecular complexity index is 1140. The molecule has 2 unspecified atom stereocenters. The van der Waals surface area contributed by atoms with Gasteiger partial charge in [0.25, 0.3) is 0 Å². The molecule has 6 aliphatic heterocycles. The Hall–Kier alpha value is -2.50. The highest BCUT2D eigenvalue weighted by atomic mass is 16.5. The molecule has 2 amide bonds. The molecule has 32 heavy (non-hydrogen) atoms. The van der Waals surface area contributed by atoms with Crippen molar-refractivity contribution in [1.82, 2.24) is 10.2 Å². The lowest BCUT2D eigenvalue weighted by Crippen LogP contribution is -2.85. The lowest BCUT2D eigenvalue weighted by Gasteiger charge is -2.66. The van der Waals surface area contributed by atoms with E-state index in [1.165, 1.54) is 5.56 Å². The molecule has 2 N–H and O–H groups in total. The minimum absolute atomic E-state index is 0.0790. The van der Waals surface area contributed by atoms with Crippen molar-refractivity contribution in [2.24, 2.45) is 11.3 Å². The quantitative estimate of drug-likeness (QED) is 0.658. The summed E-state index contributed by atoms with van der Waals surface area (Å²) in [5.74, 6) is 1.44. The van der Waals surface area contributed by atoms with Gasteiger partial charge in [-0.1, -0.05) is 19.9 Å². The van der Waals surface area contributed by atoms with Crippen molar-refractivity contribution in [3.8, 4) is 5.75 Å². The third-order valence-electron chi connectivity index (χ3n) is 9.62. The van der Waals surface area contributed by atoms with Gasteiger partial charge in [-0.3, -0.25) is 9.59 Å². The Labute approximate surface area is 188 Å². The van der Waals surface area contributed by atoms with Gasteiger partial charge in [0.15, 0.2) is 0 Å². The molecule has 1 aliphatic carbocycles. The fourth-order valence-electron chi connectivity index (χ4n) is 8.13. The van der Waals surface area contributed by atoms with Gasteiger partial charge >= 0.3 is 0 Å². The average molecular weight is 434 g/mol. The maximum atomic E-state index is 13.9. The molecule has 7 aliphatic rings. The van der Waals surface area contributed by atoms with Crippen molar-refractivity contribution in [2.45, 2.75) is 82.0 Å². The average Bonchev–Trinajstić information content (AvgIpc) is 3.32. The molecule has 6 heterocycles. The topological polar surface area (TPSA) is 70.7 Å². The van der Waals surface area contributed by atoms with Gasteiger partial charge in [0, 0.05) is 35.7 Å². The Kier molecular flexibility index (Phi) is 3.18. The number of ether oxygens (including phenoxy) is 1. The van der Waals surface area contributed by atoms with Crippen LogP contribution in [-0.2, 0) is 9.59 Å². The summed E-state index contributed by atoms with van der Waals surface area (Å²) in [6, 6.07) is 4.47. The van der Waals surface area contributed by atoms with Crippen LogP contribution in [0.2, 0.25) is 0 Å². The van der Waals surface area contributed by atoms with E-state index in [1.54, 1.807) is 0 Å². The van der Waals surface area contributed by atoms with Crippen molar-refractivity contribution in [2.75, 3.05) is 11.9 Å². The molecule has 4 saturated heterocycles. The van der Waals surface area contributed by atoms with Crippen molar-refractivity contribution in [3.05, 3.63) is 29.3 Å². The minimum atomic E-state index is -0.790. The highest BCUT2D eigenvalue weighted by Gasteiger charge is 2.74. The molecule has 2 spiro atoms. The van der Waals surface area contributed by atoms with E-state index in [4.69, 9.17) is 4.74 Å². The maximum Gasteiger partial charge on any atom is 0.249 e. The zero-order valence-corrected chi connectivity index (χ0v) is 19.2. The molecule has 0 aromatic heterocycles. The highest BCUT2D eigenvalue weighted by molar-refractivity contribution is 6.05. The van der Waals surface area contributed by atoms with Gasteiger partial charge in [0.2, 0.25) is 11.8 Å². The number of benzene rings is 1. The number of nitrogens with one attached hydrogen (secondary N) is 2. The summed E-state index contributed by atoms with van der Waals surface area (Å²) in [5, 5.41) is 7.20. The summed E-state index contributed by atoms with van der Waals surface area (Å²) in [6.45, 7) is 9.45. The number of amides is 2. The van der Waals surface area contributed by atoms with Crippen LogP contribution in [0.5, 0.6) is 5.75 Å². The van der Waals surface area contributed by atoms with Gasteiger partial charge in [0.05, 0.1) is 0 Å². The summed E-state index contributed by atoms with van der Waals surface area (Å²) in [6.07, 6.45) is 7.45. The van der Waals surface area contributed by atoms with E-state index in [-0.39, 0.29) is 40.7 Å². The number of carbonyl (C=O) groups excluding carboxylic acids is 2. The fourth-order valence-corrected chi connectivity index (χ4v) is 8.13. The van der Waals surface area contributed by atoms with Crippen LogP contribution in [0.1, 0.15) is 70.4 Å². The summed E-state index contributed by atoms with van der Waals surface area (Å²) < 4.78 is 6.23. The second-order valence-electron chi connectivity index (χ2n) is 12.0. The third kappa shape index (κ3) is 1.95. The van der Waals surface area contributed by atoms with Gasteiger partial charge in [-0.05, 0) is 68.7 Å². The number of carbonyl (C=O) groups is 2. The zero-order valence-electron chi connectivity index (χ0n) is 19.2. The molecule has 1 aromatic carbocycles. The minimum Gasteiger partial charge on any atom is -0.483 e. The molecule has 5 fully saturated rings. The number of hydrogen-bond acceptors (Lipinski definition) is 4. The Morgan fingerprint density at radius 2 is 1.94 bits per heavy atom. The SMILES string of the molecule is CC1(C)C=Cc2c(ccc3c2NC2C3C[C@@]34NC(=O)[C@]5(CCCN5C3=O)C[C@H]4C2(C)C)O1. The predicted octanol–water partition coefficient (Wildman–Crippen LogP) is 3.43. The molecule has 0 radical (unpaired) electrons. The van der Waals surface area contributed by atoms with Gasteiger partial charge in [-0.25, -0.2) is 0 Å². The van der Waals surface area contributed by atoms with Crippen molar-refractivity contribution in [3.63, 3.8) is 0 Å². The number of piperazine rings is 1. The molecule has 8 rings (SSSR count). The first kappa shape index (κ1) is 19.0. The molecule has 1 saturated carbocycles. The zero-order chi connectivity index (χ0) is 22.3. The predicted molar refractivity (Wildman–Crippen MR) is 121 cm³/mol. The monoisotopic (exact) mass is 433 g/mol. The standard InChI is InChI=1S/C26H31N3O3/c1-23(2)10-8-15-17(32-23)7-6-14-16-12-26-18(24(3,4)20(16)27-19(14)15)13-25(21(30)28-26)9-5-11-29(25)22(26)31/h6-8,10,16,18,20,27H,5,9,11-13H2,1-4H3,(H,28,30)/t16?,18-,20?,25-,26-/m0/s1.